The number of aromatic nitrogens is 3. The summed E-state index contributed by atoms with van der Waals surface area (Å²) in [6, 6.07) is 13.1. The third-order valence-corrected chi connectivity index (χ3v) is 5.10. The largest absolute Gasteiger partial charge is 0.398 e. The summed E-state index contributed by atoms with van der Waals surface area (Å²) < 4.78 is 0. The first-order valence-electron chi connectivity index (χ1n) is 9.23. The van der Waals surface area contributed by atoms with Gasteiger partial charge in [0.1, 0.15) is 5.65 Å². The fourth-order valence-corrected chi connectivity index (χ4v) is 3.27. The van der Waals surface area contributed by atoms with Crippen LogP contribution in [0, 0.1) is 0 Å². The lowest BCUT2D eigenvalue weighted by molar-refractivity contribution is -0.126. The van der Waals surface area contributed by atoms with Crippen molar-refractivity contribution in [2.45, 2.75) is 13.0 Å². The molecule has 0 aliphatic rings. The van der Waals surface area contributed by atoms with Crippen LogP contribution in [0.4, 0.5) is 5.69 Å². The number of likely N-dealkylation sites (N-methyl/N-ethyl adjacent to an activating group) is 1. The Bertz CT molecular complexity index is 1270. The number of pyridine rings is 2. The molecule has 0 fully saturated rings. The molecule has 30 heavy (non-hydrogen) atoms. The molecule has 4 aromatic rings. The lowest BCUT2D eigenvalue weighted by atomic mass is 10.1. The van der Waals surface area contributed by atoms with Gasteiger partial charge in [0.05, 0.1) is 6.04 Å². The summed E-state index contributed by atoms with van der Waals surface area (Å²) in [4.78, 5) is 36.0. The van der Waals surface area contributed by atoms with Crippen molar-refractivity contribution in [3.63, 3.8) is 0 Å². The van der Waals surface area contributed by atoms with Crippen molar-refractivity contribution in [1.82, 2.24) is 19.9 Å². The topological polar surface area (TPSA) is 108 Å². The number of H-pyrrole nitrogens is 2. The van der Waals surface area contributed by atoms with Gasteiger partial charge in [0.25, 0.3) is 5.56 Å². The number of fused-ring (bicyclic) bond motifs is 2. The average Bonchev–Trinajstić information content (AvgIpc) is 3.15. The van der Waals surface area contributed by atoms with Crippen LogP contribution < -0.4 is 11.3 Å². The number of anilines is 1. The first kappa shape index (κ1) is 21.1. The predicted molar refractivity (Wildman–Crippen MR) is 123 cm³/mol. The summed E-state index contributed by atoms with van der Waals surface area (Å²) in [7, 11) is 1.77. The van der Waals surface area contributed by atoms with Crippen LogP contribution in [-0.2, 0) is 4.79 Å². The maximum absolute atomic E-state index is 12.7. The molecule has 1 unspecified atom stereocenters. The molecule has 0 saturated carbocycles. The Kier molecular flexibility index (Phi) is 5.94. The molecule has 4 N–H and O–H groups in total. The zero-order chi connectivity index (χ0) is 20.5. The minimum atomic E-state index is -0.298. The molecule has 0 saturated heterocycles. The van der Waals surface area contributed by atoms with Crippen molar-refractivity contribution in [2.75, 3.05) is 12.8 Å². The number of nitrogens with zero attached hydrogens (tertiary/aromatic N) is 2. The number of hydrogen-bond acceptors (Lipinski definition) is 4. The molecule has 154 valence electrons. The van der Waals surface area contributed by atoms with Gasteiger partial charge in [-0.1, -0.05) is 18.2 Å². The first-order chi connectivity index (χ1) is 13.9. The predicted octanol–water partition coefficient (Wildman–Crippen LogP) is 3.64. The molecule has 0 radical (unpaired) electrons. The van der Waals surface area contributed by atoms with E-state index in [1.165, 1.54) is 12.1 Å². The number of benzene rings is 1. The SMILES string of the molecule is CC(c1cc2ccccc2[nH]1)N(C)C(=O)C=Cc1cnc2[nH]c(=O)cc(N)c2c1.Cl. The number of nitrogens with two attached hydrogens (primary N) is 1. The Hall–Kier alpha value is -3.58. The highest BCUT2D eigenvalue weighted by molar-refractivity contribution is 5.93. The molecule has 4 rings (SSSR count). The van der Waals surface area contributed by atoms with Gasteiger partial charge in [-0.2, -0.15) is 0 Å². The molecule has 1 atom stereocenters. The van der Waals surface area contributed by atoms with E-state index in [-0.39, 0.29) is 29.9 Å². The molecule has 7 nitrogen and oxygen atoms in total. The van der Waals surface area contributed by atoms with E-state index >= 15 is 0 Å². The lowest BCUT2D eigenvalue weighted by Crippen LogP contribution is -2.28. The van der Waals surface area contributed by atoms with Crippen molar-refractivity contribution in [2.24, 2.45) is 0 Å². The van der Waals surface area contributed by atoms with Crippen molar-refractivity contribution in [1.29, 1.82) is 0 Å². The smallest absolute Gasteiger partial charge is 0.251 e. The molecule has 1 amide bonds. The Morgan fingerprint density at radius 2 is 1.97 bits per heavy atom. The van der Waals surface area contributed by atoms with Crippen molar-refractivity contribution >= 4 is 52.0 Å². The van der Waals surface area contributed by atoms with Crippen LogP contribution in [0.5, 0.6) is 0 Å². The highest BCUT2D eigenvalue weighted by atomic mass is 35.5. The molecule has 0 bridgehead atoms. The third-order valence-electron chi connectivity index (χ3n) is 5.10. The standard InChI is InChI=1S/C22H21N5O2.ClH/c1-13(19-10-15-5-3-4-6-18(15)25-19)27(2)21(29)8-7-14-9-16-17(23)11-20(28)26-22(16)24-12-14;/h3-13,25H,1-2H3,(H3,23,24,26,28);1H. The van der Waals surface area contributed by atoms with E-state index in [1.54, 1.807) is 30.3 Å². The lowest BCUT2D eigenvalue weighted by Gasteiger charge is -2.22. The number of nitrogen functional groups attached to an aromatic ring is 1. The number of aromatic amines is 2. The van der Waals surface area contributed by atoms with Crippen LogP contribution in [0.3, 0.4) is 0 Å². The molecule has 1 aromatic carbocycles. The van der Waals surface area contributed by atoms with Gasteiger partial charge in [0.15, 0.2) is 0 Å². The van der Waals surface area contributed by atoms with Crippen LogP contribution in [-0.4, -0.2) is 32.8 Å². The second-order valence-electron chi connectivity index (χ2n) is 7.02. The Morgan fingerprint density at radius 3 is 2.73 bits per heavy atom. The van der Waals surface area contributed by atoms with Crippen LogP contribution in [0.15, 0.2) is 59.5 Å². The van der Waals surface area contributed by atoms with Gasteiger partial charge < -0.3 is 20.6 Å². The van der Waals surface area contributed by atoms with E-state index in [4.69, 9.17) is 5.73 Å². The summed E-state index contributed by atoms with van der Waals surface area (Å²) in [5.41, 5.74) is 9.11. The average molecular weight is 424 g/mol. The summed E-state index contributed by atoms with van der Waals surface area (Å²) in [5, 5.41) is 1.75. The number of para-hydroxylation sites is 1. The fourth-order valence-electron chi connectivity index (χ4n) is 3.27. The van der Waals surface area contributed by atoms with Gasteiger partial charge >= 0.3 is 0 Å². The summed E-state index contributed by atoms with van der Waals surface area (Å²) in [6.07, 6.45) is 4.78. The molecule has 3 aromatic heterocycles. The quantitative estimate of drug-likeness (QED) is 0.435. The van der Waals surface area contributed by atoms with Gasteiger partial charge in [-0.3, -0.25) is 9.59 Å². The molecular weight excluding hydrogens is 402 g/mol. The molecule has 0 aliphatic heterocycles. The number of hydrogen-bond donors (Lipinski definition) is 3. The number of rotatable bonds is 4. The highest BCUT2D eigenvalue weighted by Crippen LogP contribution is 2.23. The minimum absolute atomic E-state index is 0. The summed E-state index contributed by atoms with van der Waals surface area (Å²) >= 11 is 0. The van der Waals surface area contributed by atoms with Crippen molar-refractivity contribution in [3.8, 4) is 0 Å². The van der Waals surface area contributed by atoms with E-state index < -0.39 is 0 Å². The number of nitrogens with one attached hydrogen (secondary N) is 2. The number of carbonyl (C=O) groups excluding carboxylic acids is 1. The molecule has 0 aliphatic carbocycles. The van der Waals surface area contributed by atoms with E-state index in [1.807, 2.05) is 31.2 Å². The van der Waals surface area contributed by atoms with Crippen molar-refractivity contribution < 1.29 is 4.79 Å². The van der Waals surface area contributed by atoms with E-state index in [0.717, 1.165) is 22.2 Å². The molecule has 3 heterocycles. The minimum Gasteiger partial charge on any atom is -0.398 e. The maximum atomic E-state index is 12.7. The second kappa shape index (κ2) is 8.42. The Morgan fingerprint density at radius 1 is 1.20 bits per heavy atom. The van der Waals surface area contributed by atoms with Crippen LogP contribution >= 0.6 is 12.4 Å². The van der Waals surface area contributed by atoms with Crippen LogP contribution in [0.1, 0.15) is 24.2 Å². The highest BCUT2D eigenvalue weighted by Gasteiger charge is 2.17. The van der Waals surface area contributed by atoms with Crippen molar-refractivity contribution in [3.05, 3.63) is 76.3 Å². The summed E-state index contributed by atoms with van der Waals surface area (Å²) in [6.45, 7) is 1.98. The number of halogens is 1. The number of amides is 1. The van der Waals surface area contributed by atoms with Crippen LogP contribution in [0.25, 0.3) is 28.0 Å². The number of carbonyl (C=O) groups is 1. The van der Waals surface area contributed by atoms with Gasteiger partial charge in [-0.25, -0.2) is 4.98 Å². The second-order valence-corrected chi connectivity index (χ2v) is 7.02. The molecule has 8 heteroatoms. The normalized spacial score (nSPS) is 12.2. The Balaban J connectivity index is 0.00000256. The maximum Gasteiger partial charge on any atom is 0.251 e. The van der Waals surface area contributed by atoms with E-state index in [0.29, 0.717) is 16.7 Å². The van der Waals surface area contributed by atoms with Gasteiger partial charge in [-0.05, 0) is 42.1 Å². The zero-order valence-electron chi connectivity index (χ0n) is 16.5. The summed E-state index contributed by atoms with van der Waals surface area (Å²) in [5.74, 6) is -0.134. The molecule has 0 spiro atoms. The van der Waals surface area contributed by atoms with Gasteiger partial charge in [0.2, 0.25) is 5.91 Å². The zero-order valence-corrected chi connectivity index (χ0v) is 17.4. The first-order valence-corrected chi connectivity index (χ1v) is 9.23. The monoisotopic (exact) mass is 423 g/mol. The Labute approximate surface area is 179 Å². The molecular formula is C22H22ClN5O2. The third kappa shape index (κ3) is 4.06. The van der Waals surface area contributed by atoms with Crippen LogP contribution in [0.2, 0.25) is 0 Å². The van der Waals surface area contributed by atoms with E-state index in [9.17, 15) is 9.59 Å². The van der Waals surface area contributed by atoms with Gasteiger partial charge in [0, 0.05) is 47.7 Å². The van der Waals surface area contributed by atoms with E-state index in [2.05, 4.69) is 21.0 Å². The van der Waals surface area contributed by atoms with Gasteiger partial charge in [-0.15, -0.1) is 12.4 Å². The fraction of sp³-hybridized carbons (Fsp3) is 0.136.